The van der Waals surface area contributed by atoms with Gasteiger partial charge in [-0.1, -0.05) is 68.0 Å². The van der Waals surface area contributed by atoms with Crippen LogP contribution in [0.4, 0.5) is 5.69 Å². The predicted molar refractivity (Wildman–Crippen MR) is 186 cm³/mol. The van der Waals surface area contributed by atoms with Crippen LogP contribution in [0.5, 0.6) is 17.2 Å². The quantitative estimate of drug-likeness (QED) is 0.199. The van der Waals surface area contributed by atoms with E-state index in [2.05, 4.69) is 111 Å². The Morgan fingerprint density at radius 2 is 1.41 bits per heavy atom. The molecule has 0 amide bonds. The molecule has 46 heavy (non-hydrogen) atoms. The van der Waals surface area contributed by atoms with Gasteiger partial charge < -0.3 is 23.8 Å². The van der Waals surface area contributed by atoms with Crippen LogP contribution in [-0.4, -0.2) is 40.5 Å². The van der Waals surface area contributed by atoms with E-state index in [1.54, 1.807) is 14.2 Å². The summed E-state index contributed by atoms with van der Waals surface area (Å²) in [6, 6.07) is 30.4. The molecule has 1 saturated heterocycles. The fraction of sp³-hybridized carbons (Fsp3) is 0.268. The molecule has 0 spiro atoms. The van der Waals surface area contributed by atoms with Crippen molar-refractivity contribution in [3.8, 4) is 28.4 Å². The topological polar surface area (TPSA) is 40.2 Å². The number of ether oxygens (including phenoxy) is 4. The molecule has 0 bridgehead atoms. The first-order chi connectivity index (χ1) is 22.3. The highest BCUT2D eigenvalue weighted by molar-refractivity contribution is 6.09. The number of fused-ring (bicyclic) bond motifs is 8. The maximum atomic E-state index is 7.49. The van der Waals surface area contributed by atoms with E-state index >= 15 is 0 Å². The third-order valence-electron chi connectivity index (χ3n) is 10.2. The highest BCUT2D eigenvalue weighted by atomic mass is 16.5. The van der Waals surface area contributed by atoms with Crippen molar-refractivity contribution in [2.24, 2.45) is 0 Å². The monoisotopic (exact) mass is 609 g/mol. The Bertz CT molecular complexity index is 2000. The number of hydrogen-bond donors (Lipinski definition) is 0. The largest absolute Gasteiger partial charge is 0.497 e. The van der Waals surface area contributed by atoms with Gasteiger partial charge in [-0.15, -0.1) is 0 Å². The van der Waals surface area contributed by atoms with Crippen LogP contribution < -0.4 is 19.1 Å². The summed E-state index contributed by atoms with van der Waals surface area (Å²) < 4.78 is 24.4. The minimum absolute atomic E-state index is 0.206. The summed E-state index contributed by atoms with van der Waals surface area (Å²) >= 11 is 0. The zero-order chi connectivity index (χ0) is 31.6. The SMILES string of the molecule is COc1ccc(C2(c3ccc(N4CCOCC4)cc3)C=Cc3c4c(c5ccc(OC)cc5c3O2)-c2ccc(C)cc2C4(C)C)cc1. The van der Waals surface area contributed by atoms with Crippen molar-refractivity contribution in [1.82, 2.24) is 0 Å². The number of aryl methyl sites for hydroxylation is 1. The Morgan fingerprint density at radius 3 is 2.11 bits per heavy atom. The molecule has 2 aliphatic heterocycles. The lowest BCUT2D eigenvalue weighted by Crippen LogP contribution is -2.37. The fourth-order valence-electron chi connectivity index (χ4n) is 7.76. The van der Waals surface area contributed by atoms with Gasteiger partial charge in [-0.3, -0.25) is 0 Å². The third kappa shape index (κ3) is 4.25. The summed E-state index contributed by atoms with van der Waals surface area (Å²) in [5.41, 5.74) is 9.86. The summed E-state index contributed by atoms with van der Waals surface area (Å²) in [5.74, 6) is 2.49. The van der Waals surface area contributed by atoms with E-state index in [1.165, 1.54) is 38.9 Å². The van der Waals surface area contributed by atoms with Crippen molar-refractivity contribution in [3.63, 3.8) is 0 Å². The second kappa shape index (κ2) is 10.7. The van der Waals surface area contributed by atoms with Gasteiger partial charge in [0, 0.05) is 46.3 Å². The lowest BCUT2D eigenvalue weighted by atomic mass is 9.76. The third-order valence-corrected chi connectivity index (χ3v) is 10.2. The van der Waals surface area contributed by atoms with Crippen LogP contribution >= 0.6 is 0 Å². The highest BCUT2D eigenvalue weighted by Gasteiger charge is 2.44. The Labute approximate surface area is 271 Å². The minimum Gasteiger partial charge on any atom is -0.497 e. The standard InChI is InChI=1S/C41H39NO4/c1-26-6-16-33-36(24-26)40(2,3)38-34-18-19-41(28-9-13-30(43-4)14-10-28,27-7-11-29(12-8-27)42-20-22-45-23-21-42)46-39(34)35-25-31(44-5)15-17-32(35)37(33)38/h6-19,24-25H,20-23H2,1-5H3. The molecule has 0 N–H and O–H groups in total. The summed E-state index contributed by atoms with van der Waals surface area (Å²) in [4.78, 5) is 2.38. The van der Waals surface area contributed by atoms with E-state index in [0.29, 0.717) is 0 Å². The first kappa shape index (κ1) is 28.7. The molecule has 5 nitrogen and oxygen atoms in total. The molecule has 5 heteroatoms. The molecule has 8 rings (SSSR count). The van der Waals surface area contributed by atoms with Crippen molar-refractivity contribution in [3.05, 3.63) is 124 Å². The summed E-state index contributed by atoms with van der Waals surface area (Å²) in [5, 5.41) is 2.22. The molecule has 1 fully saturated rings. The molecule has 0 radical (unpaired) electrons. The molecule has 0 aromatic heterocycles. The van der Waals surface area contributed by atoms with E-state index in [0.717, 1.165) is 65.6 Å². The van der Waals surface area contributed by atoms with Crippen molar-refractivity contribution < 1.29 is 18.9 Å². The second-order valence-corrected chi connectivity index (χ2v) is 13.1. The van der Waals surface area contributed by atoms with Crippen LogP contribution in [0.25, 0.3) is 28.0 Å². The van der Waals surface area contributed by atoms with E-state index in [4.69, 9.17) is 18.9 Å². The van der Waals surface area contributed by atoms with Crippen molar-refractivity contribution in [1.29, 1.82) is 0 Å². The van der Waals surface area contributed by atoms with Gasteiger partial charge in [-0.25, -0.2) is 0 Å². The molecule has 1 unspecified atom stereocenters. The summed E-state index contributed by atoms with van der Waals surface area (Å²) in [6.07, 6.45) is 4.55. The van der Waals surface area contributed by atoms with Crippen LogP contribution in [0.15, 0.2) is 91.0 Å². The number of methoxy groups -OCH3 is 2. The van der Waals surface area contributed by atoms with Crippen LogP contribution in [0.2, 0.25) is 0 Å². The molecule has 0 saturated carbocycles. The maximum Gasteiger partial charge on any atom is 0.178 e. The number of morpholine rings is 1. The van der Waals surface area contributed by atoms with E-state index in [-0.39, 0.29) is 5.41 Å². The van der Waals surface area contributed by atoms with Gasteiger partial charge in [-0.05, 0) is 83.1 Å². The van der Waals surface area contributed by atoms with Crippen LogP contribution in [-0.2, 0) is 15.8 Å². The Morgan fingerprint density at radius 1 is 0.739 bits per heavy atom. The molecule has 5 aromatic carbocycles. The van der Waals surface area contributed by atoms with Crippen molar-refractivity contribution >= 4 is 22.5 Å². The highest BCUT2D eigenvalue weighted by Crippen LogP contribution is 2.58. The molecular formula is C41H39NO4. The van der Waals surface area contributed by atoms with Crippen LogP contribution in [0.1, 0.15) is 47.2 Å². The predicted octanol–water partition coefficient (Wildman–Crippen LogP) is 8.66. The van der Waals surface area contributed by atoms with E-state index < -0.39 is 5.60 Å². The first-order valence-corrected chi connectivity index (χ1v) is 16.1. The average Bonchev–Trinajstić information content (AvgIpc) is 3.34. The van der Waals surface area contributed by atoms with E-state index in [9.17, 15) is 0 Å². The number of nitrogens with zero attached hydrogens (tertiary/aromatic N) is 1. The molecule has 5 aromatic rings. The Kier molecular flexibility index (Phi) is 6.66. The van der Waals surface area contributed by atoms with Gasteiger partial charge in [0.1, 0.15) is 17.2 Å². The van der Waals surface area contributed by atoms with Crippen molar-refractivity contribution in [2.45, 2.75) is 31.8 Å². The number of rotatable bonds is 5. The van der Waals surface area contributed by atoms with Gasteiger partial charge >= 0.3 is 0 Å². The Hall–Kier alpha value is -4.74. The number of anilines is 1. The van der Waals surface area contributed by atoms with Gasteiger partial charge in [0.05, 0.1) is 27.4 Å². The fourth-order valence-corrected chi connectivity index (χ4v) is 7.76. The number of hydrogen-bond acceptors (Lipinski definition) is 5. The van der Waals surface area contributed by atoms with Gasteiger partial charge in [0.25, 0.3) is 0 Å². The normalized spacial score (nSPS) is 19.3. The summed E-state index contributed by atoms with van der Waals surface area (Å²) in [6.45, 7) is 10.1. The lowest BCUT2D eigenvalue weighted by Gasteiger charge is -2.39. The molecule has 2 heterocycles. The average molecular weight is 610 g/mol. The van der Waals surface area contributed by atoms with Crippen LogP contribution in [0, 0.1) is 6.92 Å². The molecule has 232 valence electrons. The molecule has 3 aliphatic rings. The van der Waals surface area contributed by atoms with Gasteiger partial charge in [-0.2, -0.15) is 0 Å². The van der Waals surface area contributed by atoms with Crippen LogP contribution in [0.3, 0.4) is 0 Å². The van der Waals surface area contributed by atoms with Crippen molar-refractivity contribution in [2.75, 3.05) is 45.4 Å². The zero-order valence-corrected chi connectivity index (χ0v) is 27.1. The minimum atomic E-state index is -0.862. The molecular weight excluding hydrogens is 570 g/mol. The second-order valence-electron chi connectivity index (χ2n) is 13.1. The van der Waals surface area contributed by atoms with Gasteiger partial charge in [0.2, 0.25) is 0 Å². The smallest absolute Gasteiger partial charge is 0.178 e. The summed E-state index contributed by atoms with van der Waals surface area (Å²) in [7, 11) is 3.42. The van der Waals surface area contributed by atoms with Gasteiger partial charge in [0.15, 0.2) is 5.60 Å². The molecule has 1 atom stereocenters. The first-order valence-electron chi connectivity index (χ1n) is 16.1. The Balaban J connectivity index is 1.37. The van der Waals surface area contributed by atoms with E-state index in [1.807, 2.05) is 12.1 Å². The lowest BCUT2D eigenvalue weighted by molar-refractivity contribution is 0.122. The maximum absolute atomic E-state index is 7.49. The zero-order valence-electron chi connectivity index (χ0n) is 27.1. The molecule has 1 aliphatic carbocycles. The number of benzene rings is 5.